The third-order valence-electron chi connectivity index (χ3n) is 3.50. The first-order chi connectivity index (χ1) is 11.8. The Bertz CT molecular complexity index is 674. The van der Waals surface area contributed by atoms with Crippen LogP contribution in [0.25, 0.3) is 0 Å². The molecule has 1 aromatic carbocycles. The fourth-order valence-electron chi connectivity index (χ4n) is 2.31. The molecule has 9 heteroatoms. The molecular weight excluding hydrogens is 355 g/mol. The molecule has 5 nitrogen and oxygen atoms in total. The summed E-state index contributed by atoms with van der Waals surface area (Å²) in [4.78, 5) is 30.2. The molecule has 0 unspecified atom stereocenters. The van der Waals surface area contributed by atoms with E-state index in [9.17, 15) is 22.8 Å². The van der Waals surface area contributed by atoms with Crippen molar-refractivity contribution in [1.29, 1.82) is 0 Å². The molecule has 2 rings (SSSR count). The molecule has 1 N–H and O–H groups in total. The van der Waals surface area contributed by atoms with Crippen LogP contribution in [0.4, 0.5) is 18.9 Å². The average molecular weight is 373 g/mol. The van der Waals surface area contributed by atoms with Crippen LogP contribution in [0.3, 0.4) is 0 Å². The predicted molar refractivity (Wildman–Crippen MR) is 91.4 cm³/mol. The summed E-state index contributed by atoms with van der Waals surface area (Å²) >= 11 is 1.24. The SMILES string of the molecule is CCN=C1S[C@H](CC(=O)Nc2ccc(C(F)(F)F)cc2)C(=O)N1CC. The minimum atomic E-state index is -4.42. The van der Waals surface area contributed by atoms with E-state index in [2.05, 4.69) is 10.3 Å². The smallest absolute Gasteiger partial charge is 0.326 e. The highest BCUT2D eigenvalue weighted by molar-refractivity contribution is 8.15. The van der Waals surface area contributed by atoms with E-state index in [1.165, 1.54) is 28.8 Å². The minimum absolute atomic E-state index is 0.0657. The van der Waals surface area contributed by atoms with Gasteiger partial charge in [0.1, 0.15) is 5.25 Å². The van der Waals surface area contributed by atoms with Gasteiger partial charge in [-0.3, -0.25) is 19.5 Å². The van der Waals surface area contributed by atoms with Gasteiger partial charge in [-0.25, -0.2) is 0 Å². The lowest BCUT2D eigenvalue weighted by atomic mass is 10.2. The number of amides is 2. The second-order valence-corrected chi connectivity index (χ2v) is 6.44. The van der Waals surface area contributed by atoms with Crippen LogP contribution in [-0.4, -0.2) is 40.2 Å². The Morgan fingerprint density at radius 1 is 1.28 bits per heavy atom. The Balaban J connectivity index is 1.98. The highest BCUT2D eigenvalue weighted by Gasteiger charge is 2.38. The summed E-state index contributed by atoms with van der Waals surface area (Å²) in [5.74, 6) is -0.610. The summed E-state index contributed by atoms with van der Waals surface area (Å²) in [6.07, 6.45) is -4.49. The van der Waals surface area contributed by atoms with E-state index in [-0.39, 0.29) is 18.0 Å². The van der Waals surface area contributed by atoms with E-state index in [1.807, 2.05) is 13.8 Å². The predicted octanol–water partition coefficient (Wildman–Crippen LogP) is 3.37. The lowest BCUT2D eigenvalue weighted by Crippen LogP contribution is -2.33. The number of benzene rings is 1. The van der Waals surface area contributed by atoms with Gasteiger partial charge in [0.05, 0.1) is 5.56 Å². The van der Waals surface area contributed by atoms with Gasteiger partial charge in [-0.05, 0) is 38.1 Å². The Labute approximate surface area is 147 Å². The maximum Gasteiger partial charge on any atom is 0.416 e. The van der Waals surface area contributed by atoms with Crippen molar-refractivity contribution in [3.05, 3.63) is 29.8 Å². The number of carbonyl (C=O) groups excluding carboxylic acids is 2. The quantitative estimate of drug-likeness (QED) is 0.861. The highest BCUT2D eigenvalue weighted by Crippen LogP contribution is 2.31. The van der Waals surface area contributed by atoms with Crippen molar-refractivity contribution in [3.8, 4) is 0 Å². The maximum atomic E-state index is 12.5. The molecule has 1 aromatic rings. The van der Waals surface area contributed by atoms with Crippen molar-refractivity contribution in [2.45, 2.75) is 31.7 Å². The van der Waals surface area contributed by atoms with Crippen LogP contribution in [0, 0.1) is 0 Å². The van der Waals surface area contributed by atoms with Gasteiger partial charge in [0.15, 0.2) is 5.17 Å². The molecule has 1 heterocycles. The standard InChI is InChI=1S/C16H18F3N3O2S/c1-3-20-15-22(4-2)14(24)12(25-15)9-13(23)21-11-7-5-10(6-8-11)16(17,18)19/h5-8,12H,3-4,9H2,1-2H3,(H,21,23)/t12-/m1/s1. The van der Waals surface area contributed by atoms with Crippen LogP contribution in [0.1, 0.15) is 25.8 Å². The van der Waals surface area contributed by atoms with E-state index < -0.39 is 22.9 Å². The minimum Gasteiger partial charge on any atom is -0.326 e. The van der Waals surface area contributed by atoms with Gasteiger partial charge >= 0.3 is 6.18 Å². The molecule has 1 aliphatic heterocycles. The van der Waals surface area contributed by atoms with Gasteiger partial charge in [-0.2, -0.15) is 13.2 Å². The van der Waals surface area contributed by atoms with Crippen LogP contribution in [-0.2, 0) is 15.8 Å². The van der Waals surface area contributed by atoms with Crippen LogP contribution in [0.2, 0.25) is 0 Å². The number of hydrogen-bond donors (Lipinski definition) is 1. The van der Waals surface area contributed by atoms with Crippen LogP contribution in [0.15, 0.2) is 29.3 Å². The second kappa shape index (κ2) is 7.90. The van der Waals surface area contributed by atoms with Crippen LogP contribution < -0.4 is 5.32 Å². The lowest BCUT2D eigenvalue weighted by molar-refractivity contribution is -0.137. The van der Waals surface area contributed by atoms with Crippen molar-refractivity contribution >= 4 is 34.4 Å². The number of amidine groups is 1. The summed E-state index contributed by atoms with van der Waals surface area (Å²) in [6, 6.07) is 4.17. The Morgan fingerprint density at radius 2 is 1.92 bits per heavy atom. The van der Waals surface area contributed by atoms with Crippen molar-refractivity contribution in [2.75, 3.05) is 18.4 Å². The van der Waals surface area contributed by atoms with Crippen molar-refractivity contribution in [2.24, 2.45) is 4.99 Å². The molecule has 25 heavy (non-hydrogen) atoms. The average Bonchev–Trinajstić information content (AvgIpc) is 2.82. The molecular formula is C16H18F3N3O2S. The van der Waals surface area contributed by atoms with Crippen molar-refractivity contribution in [1.82, 2.24) is 4.90 Å². The third-order valence-corrected chi connectivity index (χ3v) is 4.71. The Kier molecular flexibility index (Phi) is 6.10. The molecule has 136 valence electrons. The van der Waals surface area contributed by atoms with Gasteiger partial charge in [0.2, 0.25) is 11.8 Å². The van der Waals surface area contributed by atoms with E-state index >= 15 is 0 Å². The zero-order chi connectivity index (χ0) is 18.6. The molecule has 0 radical (unpaired) electrons. The number of rotatable bonds is 5. The molecule has 0 spiro atoms. The molecule has 0 aromatic heterocycles. The fourth-order valence-corrected chi connectivity index (χ4v) is 3.58. The lowest BCUT2D eigenvalue weighted by Gasteiger charge is -2.13. The molecule has 1 fully saturated rings. The normalized spacial score (nSPS) is 19.6. The number of hydrogen-bond acceptors (Lipinski definition) is 4. The fraction of sp³-hybridized carbons (Fsp3) is 0.438. The summed E-state index contributed by atoms with van der Waals surface area (Å²) in [6.45, 7) is 4.70. The topological polar surface area (TPSA) is 61.8 Å². The number of nitrogens with one attached hydrogen (secondary N) is 1. The molecule has 1 saturated heterocycles. The van der Waals surface area contributed by atoms with Crippen LogP contribution in [0.5, 0.6) is 0 Å². The van der Waals surface area contributed by atoms with Gasteiger partial charge in [-0.15, -0.1) is 0 Å². The molecule has 0 bridgehead atoms. The monoisotopic (exact) mass is 373 g/mol. The number of thioether (sulfide) groups is 1. The van der Waals surface area contributed by atoms with Crippen molar-refractivity contribution < 1.29 is 22.8 Å². The Morgan fingerprint density at radius 3 is 2.44 bits per heavy atom. The van der Waals surface area contributed by atoms with Gasteiger partial charge in [0.25, 0.3) is 0 Å². The highest BCUT2D eigenvalue weighted by atomic mass is 32.2. The molecule has 1 atom stereocenters. The van der Waals surface area contributed by atoms with E-state index in [0.29, 0.717) is 18.3 Å². The second-order valence-electron chi connectivity index (χ2n) is 5.27. The summed E-state index contributed by atoms with van der Waals surface area (Å²) in [7, 11) is 0. The van der Waals surface area contributed by atoms with E-state index in [1.54, 1.807) is 0 Å². The summed E-state index contributed by atoms with van der Waals surface area (Å²) in [5, 5.41) is 2.55. The zero-order valence-corrected chi connectivity index (χ0v) is 14.6. The Hall–Kier alpha value is -2.03. The van der Waals surface area contributed by atoms with Crippen LogP contribution >= 0.6 is 11.8 Å². The van der Waals surface area contributed by atoms with E-state index in [4.69, 9.17) is 0 Å². The third kappa shape index (κ3) is 4.75. The summed E-state index contributed by atoms with van der Waals surface area (Å²) in [5.41, 5.74) is -0.533. The number of aliphatic imine (C=N–C) groups is 1. The first-order valence-corrected chi connectivity index (χ1v) is 8.63. The number of carbonyl (C=O) groups is 2. The van der Waals surface area contributed by atoms with E-state index in [0.717, 1.165) is 12.1 Å². The van der Waals surface area contributed by atoms with Gasteiger partial charge < -0.3 is 5.32 Å². The number of nitrogens with zero attached hydrogens (tertiary/aromatic N) is 2. The maximum absolute atomic E-state index is 12.5. The molecule has 0 saturated carbocycles. The zero-order valence-electron chi connectivity index (χ0n) is 13.8. The van der Waals surface area contributed by atoms with Gasteiger partial charge in [-0.1, -0.05) is 11.8 Å². The van der Waals surface area contributed by atoms with Gasteiger partial charge in [0, 0.05) is 25.2 Å². The molecule has 2 amide bonds. The number of halogens is 3. The summed E-state index contributed by atoms with van der Waals surface area (Å²) < 4.78 is 37.6. The first-order valence-electron chi connectivity index (χ1n) is 7.75. The largest absolute Gasteiger partial charge is 0.416 e. The number of anilines is 1. The van der Waals surface area contributed by atoms with Crippen molar-refractivity contribution in [3.63, 3.8) is 0 Å². The molecule has 1 aliphatic rings. The number of alkyl halides is 3. The molecule has 0 aliphatic carbocycles. The first kappa shape index (κ1) is 19.3.